The molecule has 1 aromatic carbocycles. The number of nitrogens with two attached hydrogens (primary N) is 1. The second-order valence-electron chi connectivity index (χ2n) is 10.5. The summed E-state index contributed by atoms with van der Waals surface area (Å²) in [4.78, 5) is 41.0. The fraction of sp³-hybridized carbons (Fsp3) is 0.581. The van der Waals surface area contributed by atoms with E-state index in [4.69, 9.17) is 10.2 Å². The average Bonchev–Trinajstić information content (AvgIpc) is 3.45. The summed E-state index contributed by atoms with van der Waals surface area (Å²) >= 11 is 0. The van der Waals surface area contributed by atoms with Gasteiger partial charge in [0, 0.05) is 48.8 Å². The van der Waals surface area contributed by atoms with Crippen molar-refractivity contribution in [3.05, 3.63) is 59.5 Å². The van der Waals surface area contributed by atoms with Gasteiger partial charge in [-0.25, -0.2) is 0 Å². The molecule has 0 saturated heterocycles. The zero-order valence-electron chi connectivity index (χ0n) is 24.4. The Hall–Kier alpha value is -3.13. The van der Waals surface area contributed by atoms with E-state index < -0.39 is 12.1 Å². The summed E-state index contributed by atoms with van der Waals surface area (Å²) in [6.07, 6.45) is 7.87. The van der Waals surface area contributed by atoms with Crippen molar-refractivity contribution in [3.8, 4) is 0 Å². The van der Waals surface area contributed by atoms with Crippen molar-refractivity contribution in [1.29, 1.82) is 0 Å². The summed E-state index contributed by atoms with van der Waals surface area (Å²) in [5.41, 5.74) is 8.40. The molecule has 3 atom stereocenters. The molecule has 0 spiro atoms. The summed E-state index contributed by atoms with van der Waals surface area (Å²) in [7, 11) is 0. The largest absolute Gasteiger partial charge is 0.472 e. The zero-order chi connectivity index (χ0) is 28.8. The van der Waals surface area contributed by atoms with Crippen molar-refractivity contribution in [1.82, 2.24) is 15.5 Å². The van der Waals surface area contributed by atoms with E-state index in [0.29, 0.717) is 49.5 Å². The first-order chi connectivity index (χ1) is 18.7. The lowest BCUT2D eigenvalue weighted by Crippen LogP contribution is -2.50. The van der Waals surface area contributed by atoms with Crippen molar-refractivity contribution in [2.75, 3.05) is 19.6 Å². The Labute approximate surface area is 234 Å². The summed E-state index contributed by atoms with van der Waals surface area (Å²) < 4.78 is 5.22. The Bertz CT molecular complexity index is 1010. The minimum atomic E-state index is -0.466. The van der Waals surface area contributed by atoms with Crippen molar-refractivity contribution >= 4 is 17.7 Å². The van der Waals surface area contributed by atoms with E-state index in [2.05, 4.69) is 24.5 Å². The Kier molecular flexibility index (Phi) is 13.8. The van der Waals surface area contributed by atoms with E-state index in [-0.39, 0.29) is 23.6 Å². The van der Waals surface area contributed by atoms with Gasteiger partial charge in [-0.05, 0) is 61.4 Å². The molecule has 3 amide bonds. The number of carbonyl (C=O) groups is 3. The van der Waals surface area contributed by atoms with Gasteiger partial charge in [0.05, 0.1) is 12.5 Å². The molecule has 1 aromatic heterocycles. The Morgan fingerprint density at radius 3 is 2.26 bits per heavy atom. The predicted molar refractivity (Wildman–Crippen MR) is 155 cm³/mol. The third-order valence-electron chi connectivity index (χ3n) is 7.31. The molecule has 0 aliphatic rings. The number of hydrogen-bond donors (Lipinski definition) is 3. The van der Waals surface area contributed by atoms with Gasteiger partial charge in [0.15, 0.2) is 0 Å². The number of amides is 3. The van der Waals surface area contributed by atoms with Gasteiger partial charge >= 0.3 is 0 Å². The number of nitrogens with zero attached hydrogens (tertiary/aromatic N) is 1. The molecular formula is C31H48N4O4. The summed E-state index contributed by atoms with van der Waals surface area (Å²) in [5.74, 6) is -0.255. The molecule has 2 aromatic rings. The highest BCUT2D eigenvalue weighted by Gasteiger charge is 2.26. The van der Waals surface area contributed by atoms with Crippen LogP contribution in [0.1, 0.15) is 93.0 Å². The summed E-state index contributed by atoms with van der Waals surface area (Å²) in [5, 5.41) is 6.12. The molecular weight excluding hydrogens is 492 g/mol. The third kappa shape index (κ3) is 10.2. The number of carbonyl (C=O) groups excluding carboxylic acids is 3. The van der Waals surface area contributed by atoms with Gasteiger partial charge in [-0.2, -0.15) is 0 Å². The maximum Gasteiger partial charge on any atom is 0.253 e. The van der Waals surface area contributed by atoms with Gasteiger partial charge in [0.2, 0.25) is 5.91 Å². The van der Waals surface area contributed by atoms with E-state index in [1.165, 1.54) is 0 Å². The molecule has 4 N–H and O–H groups in total. The van der Waals surface area contributed by atoms with Crippen LogP contribution in [0.15, 0.2) is 47.3 Å². The summed E-state index contributed by atoms with van der Waals surface area (Å²) in [6, 6.07) is 7.76. The van der Waals surface area contributed by atoms with Gasteiger partial charge in [-0.3, -0.25) is 14.4 Å². The van der Waals surface area contributed by atoms with E-state index >= 15 is 0 Å². The van der Waals surface area contributed by atoms with Crippen LogP contribution in [0.3, 0.4) is 0 Å². The highest BCUT2D eigenvalue weighted by atomic mass is 16.3. The molecule has 0 unspecified atom stereocenters. The molecule has 39 heavy (non-hydrogen) atoms. The second-order valence-corrected chi connectivity index (χ2v) is 10.5. The van der Waals surface area contributed by atoms with Crippen molar-refractivity contribution in [2.24, 2.45) is 17.6 Å². The number of rotatable bonds is 17. The number of benzene rings is 1. The third-order valence-corrected chi connectivity index (χ3v) is 7.31. The molecule has 1 heterocycles. The lowest BCUT2D eigenvalue weighted by atomic mass is 9.92. The van der Waals surface area contributed by atoms with Crippen LogP contribution in [0.4, 0.5) is 0 Å². The van der Waals surface area contributed by atoms with Crippen LogP contribution in [-0.4, -0.2) is 54.3 Å². The lowest BCUT2D eigenvalue weighted by molar-refractivity contribution is -0.125. The molecule has 0 fully saturated rings. The van der Waals surface area contributed by atoms with Crippen LogP contribution in [0.25, 0.3) is 0 Å². The van der Waals surface area contributed by atoms with Gasteiger partial charge in [0.1, 0.15) is 0 Å². The van der Waals surface area contributed by atoms with Crippen molar-refractivity contribution in [3.63, 3.8) is 0 Å². The number of furan rings is 1. The van der Waals surface area contributed by atoms with E-state index in [0.717, 1.165) is 31.2 Å². The van der Waals surface area contributed by atoms with Crippen molar-refractivity contribution < 1.29 is 18.8 Å². The van der Waals surface area contributed by atoms with E-state index in [1.807, 2.05) is 31.7 Å². The summed E-state index contributed by atoms with van der Waals surface area (Å²) in [6.45, 7) is 12.2. The maximum atomic E-state index is 13.4. The standard InChI is InChI=1S/C31H48N4O4/c1-6-14-35(15-7-2)31(38)26-12-10-11-25(19-26)30(37)34-28(18-24-13-16-39-21-24)27(32)17-22(5)29(36)33-20-23(8-3)9-4/h10-13,16,19,21-23,27-28H,6-9,14-15,17-18,20,32H2,1-5H3,(H,33,36)(H,34,37)/t22-,27+,28+/m1/s1. The van der Waals surface area contributed by atoms with Crippen LogP contribution < -0.4 is 16.4 Å². The predicted octanol–water partition coefficient (Wildman–Crippen LogP) is 4.79. The second kappa shape index (κ2) is 16.7. The van der Waals surface area contributed by atoms with Gasteiger partial charge in [-0.1, -0.05) is 53.5 Å². The van der Waals surface area contributed by atoms with Crippen LogP contribution >= 0.6 is 0 Å². The number of nitrogens with one attached hydrogen (secondary N) is 2. The van der Waals surface area contributed by atoms with Crippen LogP contribution in [0.5, 0.6) is 0 Å². The first-order valence-corrected chi connectivity index (χ1v) is 14.5. The molecule has 2 rings (SSSR count). The first-order valence-electron chi connectivity index (χ1n) is 14.5. The zero-order valence-corrected chi connectivity index (χ0v) is 24.4. The fourth-order valence-electron chi connectivity index (χ4n) is 4.73. The molecule has 0 aliphatic heterocycles. The minimum Gasteiger partial charge on any atom is -0.472 e. The Balaban J connectivity index is 2.14. The lowest BCUT2D eigenvalue weighted by Gasteiger charge is -2.27. The van der Waals surface area contributed by atoms with Gasteiger partial charge < -0.3 is 25.7 Å². The number of hydrogen-bond acceptors (Lipinski definition) is 5. The average molecular weight is 541 g/mol. The van der Waals surface area contributed by atoms with Gasteiger partial charge in [-0.15, -0.1) is 0 Å². The Morgan fingerprint density at radius 2 is 1.67 bits per heavy atom. The fourth-order valence-corrected chi connectivity index (χ4v) is 4.73. The highest BCUT2D eigenvalue weighted by Crippen LogP contribution is 2.16. The minimum absolute atomic E-state index is 0.0272. The molecule has 8 heteroatoms. The van der Waals surface area contributed by atoms with Gasteiger partial charge in [0.25, 0.3) is 11.8 Å². The molecule has 0 aliphatic carbocycles. The van der Waals surface area contributed by atoms with E-state index in [1.54, 1.807) is 36.8 Å². The normalized spacial score (nSPS) is 13.5. The quantitative estimate of drug-likeness (QED) is 0.267. The molecule has 8 nitrogen and oxygen atoms in total. The van der Waals surface area contributed by atoms with Crippen molar-refractivity contribution in [2.45, 2.75) is 85.2 Å². The molecule has 0 saturated carbocycles. The Morgan fingerprint density at radius 1 is 1.00 bits per heavy atom. The highest BCUT2D eigenvalue weighted by molar-refractivity contribution is 5.99. The monoisotopic (exact) mass is 540 g/mol. The molecule has 216 valence electrons. The van der Waals surface area contributed by atoms with E-state index in [9.17, 15) is 14.4 Å². The molecule has 0 bridgehead atoms. The first kappa shape index (κ1) is 32.1. The maximum absolute atomic E-state index is 13.4. The molecule has 0 radical (unpaired) electrons. The topological polar surface area (TPSA) is 118 Å². The van der Waals surface area contributed by atoms with Crippen LogP contribution in [-0.2, 0) is 11.2 Å². The van der Waals surface area contributed by atoms with Crippen LogP contribution in [0.2, 0.25) is 0 Å². The smallest absolute Gasteiger partial charge is 0.253 e. The SMILES string of the molecule is CCCN(CCC)C(=O)c1cccc(C(=O)N[C@@H](Cc2ccoc2)[C@@H](N)C[C@@H](C)C(=O)NCC(CC)CC)c1. The van der Waals surface area contributed by atoms with Crippen LogP contribution in [0, 0.1) is 11.8 Å².